The zero-order valence-corrected chi connectivity index (χ0v) is 12.6. The number of amides is 1. The highest BCUT2D eigenvalue weighted by atomic mass is 35.5. The van der Waals surface area contributed by atoms with Crippen LogP contribution < -0.4 is 5.32 Å². The van der Waals surface area contributed by atoms with Crippen LogP contribution in [0.4, 0.5) is 0 Å². The van der Waals surface area contributed by atoms with E-state index in [1.54, 1.807) is 0 Å². The van der Waals surface area contributed by atoms with Crippen molar-refractivity contribution in [3.63, 3.8) is 0 Å². The Balaban J connectivity index is 1.71. The quantitative estimate of drug-likeness (QED) is 0.909. The van der Waals surface area contributed by atoms with E-state index < -0.39 is 0 Å². The summed E-state index contributed by atoms with van der Waals surface area (Å²) in [5.74, 6) is 0.0690. The summed E-state index contributed by atoms with van der Waals surface area (Å²) in [6.45, 7) is 0.483. The molecule has 2 aromatic rings. The molecule has 3 rings (SSSR count). The van der Waals surface area contributed by atoms with Crippen LogP contribution in [0.2, 0.25) is 5.02 Å². The highest BCUT2D eigenvalue weighted by Gasteiger charge is 2.25. The molecule has 1 atom stereocenters. The topological polar surface area (TPSA) is 29.1 Å². The number of fused-ring (bicyclic) bond motifs is 1. The van der Waals surface area contributed by atoms with Gasteiger partial charge in [-0.05, 0) is 42.0 Å². The first-order valence-electron chi connectivity index (χ1n) is 7.34. The van der Waals surface area contributed by atoms with Crippen molar-refractivity contribution < 1.29 is 4.79 Å². The summed E-state index contributed by atoms with van der Waals surface area (Å²) < 4.78 is 0. The molecule has 0 heterocycles. The van der Waals surface area contributed by atoms with Gasteiger partial charge in [0.15, 0.2) is 0 Å². The number of carbonyl (C=O) groups is 1. The van der Waals surface area contributed by atoms with E-state index in [1.165, 1.54) is 11.1 Å². The number of halogens is 1. The van der Waals surface area contributed by atoms with Gasteiger partial charge in [0.2, 0.25) is 5.91 Å². The molecule has 0 bridgehead atoms. The highest BCUT2D eigenvalue weighted by Crippen LogP contribution is 2.31. The predicted octanol–water partition coefficient (Wildman–Crippen LogP) is 4.08. The summed E-state index contributed by atoms with van der Waals surface area (Å²) in [6.07, 6.45) is 3.07. The van der Waals surface area contributed by atoms with Crippen molar-refractivity contribution in [3.8, 4) is 0 Å². The molecule has 2 aromatic carbocycles. The first-order valence-corrected chi connectivity index (χ1v) is 7.72. The van der Waals surface area contributed by atoms with Gasteiger partial charge in [-0.3, -0.25) is 4.79 Å². The van der Waals surface area contributed by atoms with Crippen molar-refractivity contribution in [1.82, 2.24) is 5.32 Å². The van der Waals surface area contributed by atoms with E-state index in [-0.39, 0.29) is 11.8 Å². The Morgan fingerprint density at radius 1 is 1.14 bits per heavy atom. The molecule has 0 radical (unpaired) electrons. The number of hydrogen-bond acceptors (Lipinski definition) is 1. The molecule has 3 heteroatoms. The molecule has 0 saturated heterocycles. The molecule has 0 saturated carbocycles. The first kappa shape index (κ1) is 14.2. The average Bonchev–Trinajstić information content (AvgIpc) is 2.53. The van der Waals surface area contributed by atoms with Crippen LogP contribution in [0.25, 0.3) is 0 Å². The van der Waals surface area contributed by atoms with E-state index in [0.29, 0.717) is 11.6 Å². The molecule has 0 aliphatic heterocycles. The summed E-state index contributed by atoms with van der Waals surface area (Å²) in [5, 5.41) is 3.72. The van der Waals surface area contributed by atoms with Crippen LogP contribution in [-0.4, -0.2) is 5.91 Å². The van der Waals surface area contributed by atoms with Gasteiger partial charge in [0.1, 0.15) is 0 Å². The maximum atomic E-state index is 12.5. The second-order valence-corrected chi connectivity index (χ2v) is 5.86. The predicted molar refractivity (Wildman–Crippen MR) is 85.4 cm³/mol. The van der Waals surface area contributed by atoms with Crippen LogP contribution in [0.15, 0.2) is 48.5 Å². The van der Waals surface area contributed by atoms with Crippen LogP contribution >= 0.6 is 11.6 Å². The lowest BCUT2D eigenvalue weighted by atomic mass is 9.82. The summed E-state index contributed by atoms with van der Waals surface area (Å²) in [6, 6.07) is 15.9. The fourth-order valence-corrected chi connectivity index (χ4v) is 3.18. The molecule has 0 fully saturated rings. The van der Waals surface area contributed by atoms with Gasteiger partial charge in [-0.25, -0.2) is 0 Å². The Bertz CT molecular complexity index is 653. The number of nitrogens with one attached hydrogen (secondary N) is 1. The number of carbonyl (C=O) groups excluding carboxylic acids is 1. The molecule has 1 unspecified atom stereocenters. The molecule has 21 heavy (non-hydrogen) atoms. The van der Waals surface area contributed by atoms with Gasteiger partial charge in [-0.15, -0.1) is 0 Å². The van der Waals surface area contributed by atoms with Gasteiger partial charge in [-0.2, -0.15) is 0 Å². The third kappa shape index (κ3) is 3.11. The third-order valence-electron chi connectivity index (χ3n) is 4.10. The molecular formula is C18H18ClNO. The van der Waals surface area contributed by atoms with Crippen molar-refractivity contribution in [3.05, 3.63) is 70.2 Å². The van der Waals surface area contributed by atoms with Crippen LogP contribution in [0.5, 0.6) is 0 Å². The minimum Gasteiger partial charge on any atom is -0.351 e. The zero-order valence-electron chi connectivity index (χ0n) is 11.8. The van der Waals surface area contributed by atoms with Crippen LogP contribution in [0.1, 0.15) is 35.4 Å². The van der Waals surface area contributed by atoms with E-state index in [9.17, 15) is 4.79 Å². The monoisotopic (exact) mass is 299 g/mol. The Morgan fingerprint density at radius 3 is 2.76 bits per heavy atom. The number of rotatable bonds is 3. The lowest BCUT2D eigenvalue weighted by molar-refractivity contribution is -0.123. The molecular weight excluding hydrogens is 282 g/mol. The normalized spacial score (nSPS) is 17.1. The average molecular weight is 300 g/mol. The molecule has 1 aliphatic carbocycles. The zero-order chi connectivity index (χ0) is 14.7. The number of hydrogen-bond donors (Lipinski definition) is 1. The molecule has 1 N–H and O–H groups in total. The minimum atomic E-state index is -0.0302. The number of benzene rings is 2. The molecule has 0 aromatic heterocycles. The van der Waals surface area contributed by atoms with E-state index in [1.807, 2.05) is 36.4 Å². The lowest BCUT2D eigenvalue weighted by Crippen LogP contribution is -2.31. The fraction of sp³-hybridized carbons (Fsp3) is 0.278. The smallest absolute Gasteiger partial charge is 0.227 e. The van der Waals surface area contributed by atoms with Gasteiger partial charge in [0.05, 0.1) is 5.92 Å². The molecule has 0 spiro atoms. The lowest BCUT2D eigenvalue weighted by Gasteiger charge is -2.24. The largest absolute Gasteiger partial charge is 0.351 e. The second-order valence-electron chi connectivity index (χ2n) is 5.45. The minimum absolute atomic E-state index is 0.0302. The molecule has 1 amide bonds. The Morgan fingerprint density at radius 2 is 1.90 bits per heavy atom. The van der Waals surface area contributed by atoms with E-state index in [4.69, 9.17) is 11.6 Å². The maximum absolute atomic E-state index is 12.5. The van der Waals surface area contributed by atoms with Crippen LogP contribution in [-0.2, 0) is 17.8 Å². The van der Waals surface area contributed by atoms with E-state index in [2.05, 4.69) is 17.4 Å². The van der Waals surface area contributed by atoms with Gasteiger partial charge in [0, 0.05) is 11.6 Å². The van der Waals surface area contributed by atoms with Gasteiger partial charge in [-0.1, -0.05) is 54.1 Å². The van der Waals surface area contributed by atoms with Crippen molar-refractivity contribution in [2.24, 2.45) is 0 Å². The van der Waals surface area contributed by atoms with Gasteiger partial charge in [0.25, 0.3) is 0 Å². The molecule has 1 aliphatic rings. The fourth-order valence-electron chi connectivity index (χ4n) is 2.97. The van der Waals surface area contributed by atoms with Gasteiger partial charge >= 0.3 is 0 Å². The number of aryl methyl sites for hydroxylation is 1. The van der Waals surface area contributed by atoms with Gasteiger partial charge < -0.3 is 5.32 Å². The Kier molecular flexibility index (Phi) is 4.26. The second kappa shape index (κ2) is 6.31. The van der Waals surface area contributed by atoms with E-state index in [0.717, 1.165) is 24.8 Å². The Labute approximate surface area is 130 Å². The SMILES string of the molecule is O=C(NCc1ccccc1Cl)C1CCCc2ccccc21. The third-order valence-corrected chi connectivity index (χ3v) is 4.47. The summed E-state index contributed by atoms with van der Waals surface area (Å²) in [7, 11) is 0. The van der Waals surface area contributed by atoms with Crippen molar-refractivity contribution >= 4 is 17.5 Å². The highest BCUT2D eigenvalue weighted by molar-refractivity contribution is 6.31. The summed E-state index contributed by atoms with van der Waals surface area (Å²) in [4.78, 5) is 12.5. The maximum Gasteiger partial charge on any atom is 0.227 e. The van der Waals surface area contributed by atoms with E-state index >= 15 is 0 Å². The molecule has 2 nitrogen and oxygen atoms in total. The summed E-state index contributed by atoms with van der Waals surface area (Å²) in [5.41, 5.74) is 3.44. The van der Waals surface area contributed by atoms with Crippen LogP contribution in [0, 0.1) is 0 Å². The first-order chi connectivity index (χ1) is 10.3. The van der Waals surface area contributed by atoms with Crippen molar-refractivity contribution in [2.75, 3.05) is 0 Å². The van der Waals surface area contributed by atoms with Crippen molar-refractivity contribution in [2.45, 2.75) is 31.7 Å². The van der Waals surface area contributed by atoms with Crippen LogP contribution in [0.3, 0.4) is 0 Å². The standard InChI is InChI=1S/C18H18ClNO/c19-17-11-4-2-7-14(17)12-20-18(21)16-10-5-8-13-6-1-3-9-15(13)16/h1-4,6-7,9,11,16H,5,8,10,12H2,(H,20,21). The summed E-state index contributed by atoms with van der Waals surface area (Å²) >= 11 is 6.12. The Hall–Kier alpha value is -1.80. The van der Waals surface area contributed by atoms with Crippen molar-refractivity contribution in [1.29, 1.82) is 0 Å². The molecule has 108 valence electrons.